The Bertz CT molecular complexity index is 453. The minimum absolute atomic E-state index is 0.369. The van der Waals surface area contributed by atoms with Crippen LogP contribution in [-0.2, 0) is 0 Å². The molecule has 0 fully saturated rings. The van der Waals surface area contributed by atoms with E-state index >= 15 is 0 Å². The molecule has 2 aromatic heterocycles. The van der Waals surface area contributed by atoms with Crippen LogP contribution in [0.1, 0.15) is 5.69 Å². The van der Waals surface area contributed by atoms with Gasteiger partial charge in [-0.1, -0.05) is 0 Å². The molecule has 0 radical (unpaired) electrons. The van der Waals surface area contributed by atoms with Crippen molar-refractivity contribution in [2.75, 3.05) is 0 Å². The largest absolute Gasteiger partial charge is 0.245 e. The van der Waals surface area contributed by atoms with Crippen molar-refractivity contribution in [3.05, 3.63) is 30.5 Å². The Kier molecular flexibility index (Phi) is 1.42. The van der Waals surface area contributed by atoms with Crippen LogP contribution in [0.2, 0.25) is 0 Å². The lowest BCUT2D eigenvalue weighted by Crippen LogP contribution is -1.87. The number of nitriles is 1. The fourth-order valence-electron chi connectivity index (χ4n) is 0.995. The van der Waals surface area contributed by atoms with Gasteiger partial charge in [0, 0.05) is 12.4 Å². The summed E-state index contributed by atoms with van der Waals surface area (Å²) in [7, 11) is 0. The third-order valence-corrected chi connectivity index (χ3v) is 1.54. The van der Waals surface area contributed by atoms with E-state index in [0.717, 1.165) is 5.52 Å². The van der Waals surface area contributed by atoms with Crippen LogP contribution in [0.3, 0.4) is 0 Å². The topological polar surface area (TPSA) is 62.5 Å². The average molecular weight is 156 g/mol. The summed E-state index contributed by atoms with van der Waals surface area (Å²) in [6.45, 7) is 0. The van der Waals surface area contributed by atoms with Crippen molar-refractivity contribution in [3.8, 4) is 6.07 Å². The molecule has 56 valence electrons. The van der Waals surface area contributed by atoms with Gasteiger partial charge in [-0.15, -0.1) is 0 Å². The van der Waals surface area contributed by atoms with Crippen LogP contribution in [0.25, 0.3) is 10.9 Å². The molecule has 4 nitrogen and oxygen atoms in total. The lowest BCUT2D eigenvalue weighted by molar-refractivity contribution is 1.19. The minimum Gasteiger partial charge on any atom is -0.245 e. The molecule has 0 unspecified atom stereocenters. The molecule has 0 spiro atoms. The maximum Gasteiger partial charge on any atom is 0.151 e. The zero-order valence-corrected chi connectivity index (χ0v) is 6.10. The fourth-order valence-corrected chi connectivity index (χ4v) is 0.995. The van der Waals surface area contributed by atoms with Crippen LogP contribution < -0.4 is 0 Å². The highest BCUT2D eigenvalue weighted by Gasteiger charge is 2.00. The highest BCUT2D eigenvalue weighted by Crippen LogP contribution is 2.10. The molecule has 0 aromatic carbocycles. The Hall–Kier alpha value is -2.02. The van der Waals surface area contributed by atoms with Gasteiger partial charge in [0.15, 0.2) is 5.69 Å². The van der Waals surface area contributed by atoms with E-state index in [1.165, 1.54) is 6.33 Å². The van der Waals surface area contributed by atoms with Crippen LogP contribution in [0.4, 0.5) is 0 Å². The Morgan fingerprint density at radius 1 is 1.33 bits per heavy atom. The first-order valence-electron chi connectivity index (χ1n) is 3.36. The second-order valence-corrected chi connectivity index (χ2v) is 2.23. The molecule has 4 heteroatoms. The van der Waals surface area contributed by atoms with E-state index in [1.54, 1.807) is 18.5 Å². The molecule has 0 aliphatic rings. The van der Waals surface area contributed by atoms with Crippen molar-refractivity contribution in [3.63, 3.8) is 0 Å². The van der Waals surface area contributed by atoms with Crippen molar-refractivity contribution >= 4 is 10.9 Å². The van der Waals surface area contributed by atoms with Gasteiger partial charge in [0.05, 0.1) is 10.9 Å². The maximum atomic E-state index is 8.67. The predicted molar refractivity (Wildman–Crippen MR) is 42.0 cm³/mol. The van der Waals surface area contributed by atoms with Gasteiger partial charge in [0.25, 0.3) is 0 Å². The molecule has 0 bridgehead atoms. The zero-order chi connectivity index (χ0) is 8.39. The third kappa shape index (κ3) is 0.883. The first kappa shape index (κ1) is 6.68. The van der Waals surface area contributed by atoms with E-state index in [2.05, 4.69) is 15.0 Å². The molecular weight excluding hydrogens is 152 g/mol. The fraction of sp³-hybridized carbons (Fsp3) is 0. The molecule has 0 aliphatic heterocycles. The van der Waals surface area contributed by atoms with Gasteiger partial charge in [0.2, 0.25) is 0 Å². The van der Waals surface area contributed by atoms with Crippen molar-refractivity contribution in [1.82, 2.24) is 15.0 Å². The molecule has 0 N–H and O–H groups in total. The summed E-state index contributed by atoms with van der Waals surface area (Å²) in [6.07, 6.45) is 4.60. The minimum atomic E-state index is 0.369. The Morgan fingerprint density at radius 3 is 3.08 bits per heavy atom. The molecule has 0 atom stereocenters. The number of nitrogens with zero attached hydrogens (tertiary/aromatic N) is 4. The van der Waals surface area contributed by atoms with E-state index in [9.17, 15) is 0 Å². The van der Waals surface area contributed by atoms with E-state index < -0.39 is 0 Å². The number of hydrogen-bond donors (Lipinski definition) is 0. The summed E-state index contributed by atoms with van der Waals surface area (Å²) in [6, 6.07) is 3.73. The smallest absolute Gasteiger partial charge is 0.151 e. The van der Waals surface area contributed by atoms with Crippen LogP contribution in [0.15, 0.2) is 24.8 Å². The average Bonchev–Trinajstić information content (AvgIpc) is 2.17. The Balaban J connectivity index is 2.91. The van der Waals surface area contributed by atoms with Gasteiger partial charge in [-0.05, 0) is 6.07 Å². The van der Waals surface area contributed by atoms with E-state index in [-0.39, 0.29) is 0 Å². The van der Waals surface area contributed by atoms with Crippen molar-refractivity contribution < 1.29 is 0 Å². The molecule has 12 heavy (non-hydrogen) atoms. The zero-order valence-electron chi connectivity index (χ0n) is 6.10. The van der Waals surface area contributed by atoms with Gasteiger partial charge in [-0.25, -0.2) is 15.0 Å². The lowest BCUT2D eigenvalue weighted by Gasteiger charge is -1.94. The number of aromatic nitrogens is 3. The van der Waals surface area contributed by atoms with Gasteiger partial charge >= 0.3 is 0 Å². The SMILES string of the molecule is N#Cc1nccc2ncncc12. The normalized spacial score (nSPS) is 9.58. The van der Waals surface area contributed by atoms with E-state index in [0.29, 0.717) is 11.1 Å². The molecule has 0 aliphatic carbocycles. The summed E-state index contributed by atoms with van der Waals surface area (Å²) in [5.74, 6) is 0. The van der Waals surface area contributed by atoms with E-state index in [1.807, 2.05) is 6.07 Å². The van der Waals surface area contributed by atoms with Crippen LogP contribution in [0, 0.1) is 11.3 Å². The van der Waals surface area contributed by atoms with Crippen molar-refractivity contribution in [2.45, 2.75) is 0 Å². The number of fused-ring (bicyclic) bond motifs is 1. The molecular formula is C8H4N4. The van der Waals surface area contributed by atoms with Crippen molar-refractivity contribution in [1.29, 1.82) is 5.26 Å². The van der Waals surface area contributed by atoms with Crippen LogP contribution in [-0.4, -0.2) is 15.0 Å². The second kappa shape index (κ2) is 2.55. The van der Waals surface area contributed by atoms with Gasteiger partial charge in [-0.3, -0.25) is 0 Å². The summed E-state index contributed by atoms with van der Waals surface area (Å²) in [5, 5.41) is 9.36. The molecule has 2 aromatic rings. The highest BCUT2D eigenvalue weighted by atomic mass is 14.8. The quantitative estimate of drug-likeness (QED) is 0.568. The van der Waals surface area contributed by atoms with E-state index in [4.69, 9.17) is 5.26 Å². The van der Waals surface area contributed by atoms with Crippen molar-refractivity contribution in [2.24, 2.45) is 0 Å². The standard InChI is InChI=1S/C8H4N4/c9-3-8-6-4-10-5-12-7(6)1-2-11-8/h1-2,4-5H. The first-order valence-corrected chi connectivity index (χ1v) is 3.36. The Morgan fingerprint density at radius 2 is 2.25 bits per heavy atom. The first-order chi connectivity index (χ1) is 5.92. The third-order valence-electron chi connectivity index (χ3n) is 1.54. The summed E-state index contributed by atoms with van der Waals surface area (Å²) >= 11 is 0. The predicted octanol–water partition coefficient (Wildman–Crippen LogP) is 0.896. The summed E-state index contributed by atoms with van der Waals surface area (Å²) < 4.78 is 0. The number of hydrogen-bond acceptors (Lipinski definition) is 4. The van der Waals surface area contributed by atoms with Gasteiger partial charge < -0.3 is 0 Å². The highest BCUT2D eigenvalue weighted by molar-refractivity contribution is 5.81. The van der Waals surface area contributed by atoms with Gasteiger partial charge in [0.1, 0.15) is 12.4 Å². The second-order valence-electron chi connectivity index (χ2n) is 2.23. The Labute approximate surface area is 68.5 Å². The van der Waals surface area contributed by atoms with Crippen LogP contribution in [0.5, 0.6) is 0 Å². The summed E-state index contributed by atoms with van der Waals surface area (Å²) in [4.78, 5) is 11.7. The molecule has 0 saturated heterocycles. The molecule has 2 heterocycles. The number of rotatable bonds is 0. The van der Waals surface area contributed by atoms with Crippen LogP contribution >= 0.6 is 0 Å². The summed E-state index contributed by atoms with van der Waals surface area (Å²) in [5.41, 5.74) is 1.12. The van der Waals surface area contributed by atoms with Gasteiger partial charge in [-0.2, -0.15) is 5.26 Å². The molecule has 0 amide bonds. The monoisotopic (exact) mass is 156 g/mol. The maximum absolute atomic E-state index is 8.67. The molecule has 0 saturated carbocycles. The molecule has 2 rings (SSSR count). The number of pyridine rings is 1. The lowest BCUT2D eigenvalue weighted by atomic mass is 10.2.